The molecule has 0 aromatic heterocycles. The predicted molar refractivity (Wildman–Crippen MR) is 145 cm³/mol. The van der Waals surface area contributed by atoms with Crippen LogP contribution in [0, 0.1) is 11.8 Å². The molecule has 1 aromatic rings. The van der Waals surface area contributed by atoms with Crippen molar-refractivity contribution < 1.29 is 24.2 Å². The zero-order valence-electron chi connectivity index (χ0n) is 21.6. The fourth-order valence-electron chi connectivity index (χ4n) is 6.41. The Balaban J connectivity index is 1.78. The van der Waals surface area contributed by atoms with E-state index in [-0.39, 0.29) is 30.3 Å². The van der Waals surface area contributed by atoms with Gasteiger partial charge in [0.1, 0.15) is 12.6 Å². The fourth-order valence-corrected chi connectivity index (χ4v) is 8.60. The Kier molecular flexibility index (Phi) is 8.80. The van der Waals surface area contributed by atoms with E-state index in [9.17, 15) is 19.5 Å². The maximum atomic E-state index is 14.4. The van der Waals surface area contributed by atoms with Crippen molar-refractivity contribution in [1.82, 2.24) is 9.80 Å². The highest BCUT2D eigenvalue weighted by atomic mass is 32.2. The summed E-state index contributed by atoms with van der Waals surface area (Å²) in [5, 5.41) is 10.5. The van der Waals surface area contributed by atoms with Gasteiger partial charge in [-0.05, 0) is 24.8 Å². The predicted octanol–water partition coefficient (Wildman–Crippen LogP) is 3.75. The molecule has 0 aliphatic carbocycles. The molecule has 0 radical (unpaired) electrons. The van der Waals surface area contributed by atoms with Crippen LogP contribution in [0.3, 0.4) is 0 Å². The van der Waals surface area contributed by atoms with Crippen molar-refractivity contribution in [3.8, 4) is 0 Å². The van der Waals surface area contributed by atoms with Crippen LogP contribution in [0.2, 0.25) is 0 Å². The Labute approximate surface area is 223 Å². The molecule has 3 saturated heterocycles. The number of aliphatic hydroxyl groups excluding tert-OH is 1. The maximum absolute atomic E-state index is 14.4. The van der Waals surface area contributed by atoms with Crippen molar-refractivity contribution >= 4 is 29.5 Å². The first kappa shape index (κ1) is 27.5. The van der Waals surface area contributed by atoms with Gasteiger partial charge in [-0.25, -0.2) is 0 Å². The van der Waals surface area contributed by atoms with Crippen molar-refractivity contribution in [1.29, 1.82) is 0 Å². The average Bonchev–Trinajstić information content (AvgIpc) is 3.55. The van der Waals surface area contributed by atoms with E-state index < -0.39 is 34.6 Å². The van der Waals surface area contributed by atoms with Crippen LogP contribution in [0.4, 0.5) is 0 Å². The lowest BCUT2D eigenvalue weighted by atomic mass is 9.71. The van der Waals surface area contributed by atoms with Gasteiger partial charge >= 0.3 is 5.97 Å². The van der Waals surface area contributed by atoms with Crippen LogP contribution in [-0.4, -0.2) is 75.0 Å². The van der Waals surface area contributed by atoms with Crippen LogP contribution in [-0.2, 0) is 19.1 Å². The molecule has 1 N–H and O–H groups in total. The third-order valence-electron chi connectivity index (χ3n) is 7.97. The molecule has 4 rings (SSSR count). The Morgan fingerprint density at radius 1 is 1.27 bits per heavy atom. The summed E-state index contributed by atoms with van der Waals surface area (Å²) in [6.07, 6.45) is 7.54. The number of likely N-dealkylation sites (tertiary alicyclic amines) is 1. The molecule has 3 heterocycles. The van der Waals surface area contributed by atoms with Crippen molar-refractivity contribution in [2.24, 2.45) is 11.8 Å². The maximum Gasteiger partial charge on any atom is 0.311 e. The van der Waals surface area contributed by atoms with Crippen LogP contribution in [0.25, 0.3) is 0 Å². The second kappa shape index (κ2) is 11.9. The molecule has 3 fully saturated rings. The minimum Gasteiger partial charge on any atom is -0.461 e. The third kappa shape index (κ3) is 4.86. The van der Waals surface area contributed by atoms with Crippen LogP contribution in [0.5, 0.6) is 0 Å². The molecule has 2 unspecified atom stereocenters. The number of esters is 1. The van der Waals surface area contributed by atoms with Crippen LogP contribution < -0.4 is 0 Å². The quantitative estimate of drug-likeness (QED) is 0.239. The number of carbonyl (C=O) groups is 3. The first-order valence-electron chi connectivity index (χ1n) is 13.3. The van der Waals surface area contributed by atoms with Crippen molar-refractivity contribution in [3.05, 3.63) is 61.2 Å². The molecule has 6 atom stereocenters. The highest BCUT2D eigenvalue weighted by molar-refractivity contribution is 8.02. The lowest BCUT2D eigenvalue weighted by Gasteiger charge is -2.39. The van der Waals surface area contributed by atoms with E-state index in [0.29, 0.717) is 19.5 Å². The molecule has 7 nitrogen and oxygen atoms in total. The van der Waals surface area contributed by atoms with Crippen LogP contribution >= 0.6 is 11.8 Å². The van der Waals surface area contributed by atoms with E-state index in [0.717, 1.165) is 31.2 Å². The number of thioether (sulfide) groups is 1. The minimum atomic E-state index is -0.781. The van der Waals surface area contributed by atoms with Gasteiger partial charge in [0.2, 0.25) is 11.8 Å². The zero-order valence-corrected chi connectivity index (χ0v) is 22.4. The van der Waals surface area contributed by atoms with Gasteiger partial charge in [-0.15, -0.1) is 18.3 Å². The molecule has 1 aromatic carbocycles. The van der Waals surface area contributed by atoms with Gasteiger partial charge in [-0.2, -0.15) is 0 Å². The van der Waals surface area contributed by atoms with Crippen molar-refractivity contribution in [2.45, 2.75) is 61.1 Å². The molecule has 37 heavy (non-hydrogen) atoms. The smallest absolute Gasteiger partial charge is 0.311 e. The number of unbranched alkanes of at least 4 members (excludes halogenated alkanes) is 2. The molecular weight excluding hydrogens is 488 g/mol. The number of rotatable bonds is 13. The highest BCUT2D eigenvalue weighted by Gasteiger charge is 2.74. The topological polar surface area (TPSA) is 87.2 Å². The minimum absolute atomic E-state index is 0.0686. The van der Waals surface area contributed by atoms with E-state index in [1.165, 1.54) is 6.08 Å². The lowest BCUT2D eigenvalue weighted by molar-refractivity contribution is -0.153. The van der Waals surface area contributed by atoms with Gasteiger partial charge in [-0.3, -0.25) is 14.4 Å². The van der Waals surface area contributed by atoms with Gasteiger partial charge in [0.15, 0.2) is 0 Å². The summed E-state index contributed by atoms with van der Waals surface area (Å²) in [5.41, 5.74) is 0.763. The summed E-state index contributed by atoms with van der Waals surface area (Å²) in [6, 6.07) is 7.86. The van der Waals surface area contributed by atoms with Crippen molar-refractivity contribution in [3.63, 3.8) is 0 Å². The summed E-state index contributed by atoms with van der Waals surface area (Å²) in [7, 11) is 0. The number of carbonyl (C=O) groups excluding carboxylic acids is 3. The number of benzene rings is 1. The van der Waals surface area contributed by atoms with Crippen molar-refractivity contribution in [2.75, 3.05) is 26.3 Å². The van der Waals surface area contributed by atoms with E-state index in [4.69, 9.17) is 4.74 Å². The molecule has 3 aliphatic heterocycles. The number of ether oxygens (including phenoxy) is 1. The normalized spacial score (nSPS) is 28.6. The second-order valence-electron chi connectivity index (χ2n) is 10.1. The van der Waals surface area contributed by atoms with Crippen LogP contribution in [0.15, 0.2) is 55.6 Å². The first-order chi connectivity index (χ1) is 17.9. The monoisotopic (exact) mass is 526 g/mol. The SMILES string of the molecule is C=CCOC(=O)[C@@H]1[C@@H]2CCC3(S2)C(C(=O)N(CC=C)CCCCC)N([C@H](CO)c2ccccc2)C(=O)[C@H]13. The number of hydrogen-bond donors (Lipinski definition) is 1. The summed E-state index contributed by atoms with van der Waals surface area (Å²) in [5.74, 6) is -2.06. The number of aliphatic hydroxyl groups is 1. The van der Waals surface area contributed by atoms with E-state index in [2.05, 4.69) is 20.1 Å². The lowest BCUT2D eigenvalue weighted by Crippen LogP contribution is -2.55. The number of fused-ring (bicyclic) bond motifs is 1. The molecular formula is C29H38N2O5S. The van der Waals surface area contributed by atoms with E-state index in [1.54, 1.807) is 27.6 Å². The third-order valence-corrected chi connectivity index (χ3v) is 9.93. The molecule has 1 spiro atoms. The average molecular weight is 527 g/mol. The molecule has 8 heteroatoms. The molecule has 3 aliphatic rings. The number of amides is 2. The summed E-state index contributed by atoms with van der Waals surface area (Å²) < 4.78 is 4.70. The van der Waals surface area contributed by atoms with Gasteiger partial charge in [0.25, 0.3) is 0 Å². The number of hydrogen-bond acceptors (Lipinski definition) is 6. The van der Waals surface area contributed by atoms with E-state index in [1.807, 2.05) is 30.3 Å². The molecule has 2 amide bonds. The van der Waals surface area contributed by atoms with Crippen LogP contribution in [0.1, 0.15) is 50.6 Å². The summed E-state index contributed by atoms with van der Waals surface area (Å²) in [6.45, 7) is 10.3. The first-order valence-corrected chi connectivity index (χ1v) is 14.2. The second-order valence-corrected chi connectivity index (χ2v) is 11.7. The standard InChI is InChI=1S/C29H38N2O5S/c1-4-7-11-17-30(16-5-2)27(34)25-29-15-14-22(37-29)23(28(35)36-18-6-3)24(29)26(33)31(25)21(19-32)20-12-9-8-10-13-20/h5-6,8-10,12-13,21-25,32H,2-4,7,11,14-19H2,1H3/t21-,22+,23-,24+,25?,29?/m1/s1. The highest BCUT2D eigenvalue weighted by Crippen LogP contribution is 2.67. The molecule has 0 saturated carbocycles. The summed E-state index contributed by atoms with van der Waals surface area (Å²) in [4.78, 5) is 45.2. The Morgan fingerprint density at radius 2 is 2.03 bits per heavy atom. The molecule has 2 bridgehead atoms. The number of nitrogens with zero attached hydrogens (tertiary/aromatic N) is 2. The largest absolute Gasteiger partial charge is 0.461 e. The van der Waals surface area contributed by atoms with Gasteiger partial charge in [0.05, 0.1) is 29.2 Å². The Morgan fingerprint density at radius 3 is 2.68 bits per heavy atom. The van der Waals surface area contributed by atoms with Gasteiger partial charge in [-0.1, -0.05) is 68.8 Å². The molecule has 200 valence electrons. The Hall–Kier alpha value is -2.58. The fraction of sp³-hybridized carbons (Fsp3) is 0.552. The summed E-state index contributed by atoms with van der Waals surface area (Å²) >= 11 is 1.61. The van der Waals surface area contributed by atoms with E-state index >= 15 is 0 Å². The Bertz CT molecular complexity index is 1020. The van der Waals surface area contributed by atoms with Gasteiger partial charge in [0, 0.05) is 18.3 Å². The zero-order chi connectivity index (χ0) is 26.6. The van der Waals surface area contributed by atoms with Gasteiger partial charge < -0.3 is 19.6 Å².